The van der Waals surface area contributed by atoms with Gasteiger partial charge in [0.25, 0.3) is 0 Å². The molecule has 1 atom stereocenters. The molecule has 0 aromatic rings. The number of ketones is 1. The molecule has 0 aromatic heterocycles. The molecule has 0 aliphatic rings. The number of hydrogen-bond acceptors (Lipinski definition) is 6. The molecule has 1 unspecified atom stereocenters. The van der Waals surface area contributed by atoms with Gasteiger partial charge in [0.15, 0.2) is 5.78 Å². The molecule has 0 aliphatic carbocycles. The first kappa shape index (κ1) is 12.0. The van der Waals surface area contributed by atoms with E-state index in [1.807, 2.05) is 0 Å². The van der Waals surface area contributed by atoms with Gasteiger partial charge in [-0.05, 0) is 18.4 Å². The number of carboxylic acids is 2. The Morgan fingerprint density at radius 1 is 1.31 bits per heavy atom. The lowest BCUT2D eigenvalue weighted by atomic mass is 10.0. The highest BCUT2D eigenvalue weighted by atomic mass is 32.2. The molecule has 0 radical (unpaired) electrons. The molecule has 6 heteroatoms. The minimum absolute atomic E-state index is 0.0453. The summed E-state index contributed by atoms with van der Waals surface area (Å²) in [5.74, 6) is -6.26. The molecule has 0 bridgehead atoms. The molecule has 0 rings (SSSR count). The molecule has 0 spiro atoms. The Labute approximate surface area is 79.1 Å². The van der Waals surface area contributed by atoms with E-state index in [2.05, 4.69) is 0 Å². The fourth-order valence-electron chi connectivity index (χ4n) is 0.734. The van der Waals surface area contributed by atoms with Crippen LogP contribution in [0.25, 0.3) is 0 Å². The average molecular weight is 204 g/mol. The normalized spacial score (nSPS) is 12.1. The van der Waals surface area contributed by atoms with Crippen LogP contribution in [0.2, 0.25) is 0 Å². The molecule has 0 saturated carbocycles. The number of Topliss-reactive ketones (excluding diaryl/α,β-unsaturated/α-hetero) is 1. The zero-order chi connectivity index (χ0) is 10.4. The van der Waals surface area contributed by atoms with Gasteiger partial charge in [-0.2, -0.15) is 11.8 Å². The SMILES string of the molecule is CSCCC(C(=O)[O-])C(=O)C(=O)[O-]. The molecule has 13 heavy (non-hydrogen) atoms. The van der Waals surface area contributed by atoms with Gasteiger partial charge in [0.05, 0.1) is 11.9 Å². The average Bonchev–Trinajstić information content (AvgIpc) is 2.04. The number of carboxylic acid groups (broad SMARTS) is 2. The molecule has 0 amide bonds. The van der Waals surface area contributed by atoms with E-state index in [1.165, 1.54) is 11.8 Å². The van der Waals surface area contributed by atoms with Crippen molar-refractivity contribution >= 4 is 29.5 Å². The van der Waals surface area contributed by atoms with E-state index in [9.17, 15) is 24.6 Å². The van der Waals surface area contributed by atoms with Crippen LogP contribution in [0.1, 0.15) is 6.42 Å². The maximum Gasteiger partial charge on any atom is 0.186 e. The van der Waals surface area contributed by atoms with Gasteiger partial charge in [0.2, 0.25) is 0 Å². The number of carbonyl (C=O) groups is 3. The summed E-state index contributed by atoms with van der Waals surface area (Å²) in [7, 11) is 0. The second kappa shape index (κ2) is 5.58. The third kappa shape index (κ3) is 3.93. The minimum Gasteiger partial charge on any atom is -0.549 e. The van der Waals surface area contributed by atoms with Crippen LogP contribution in [0, 0.1) is 5.92 Å². The first-order valence-corrected chi connectivity index (χ1v) is 4.85. The highest BCUT2D eigenvalue weighted by Crippen LogP contribution is 2.08. The van der Waals surface area contributed by atoms with Crippen LogP contribution in [0.5, 0.6) is 0 Å². The Bertz CT molecular complexity index is 225. The van der Waals surface area contributed by atoms with E-state index >= 15 is 0 Å². The summed E-state index contributed by atoms with van der Waals surface area (Å²) in [6.07, 6.45) is 1.67. The summed E-state index contributed by atoms with van der Waals surface area (Å²) in [5, 5.41) is 20.4. The van der Waals surface area contributed by atoms with E-state index < -0.39 is 23.6 Å². The molecule has 0 N–H and O–H groups in total. The molecule has 0 aliphatic heterocycles. The number of thioether (sulfide) groups is 1. The first-order chi connectivity index (χ1) is 6.00. The van der Waals surface area contributed by atoms with Crippen LogP contribution < -0.4 is 10.2 Å². The summed E-state index contributed by atoms with van der Waals surface area (Å²) in [6, 6.07) is 0. The van der Waals surface area contributed by atoms with Gasteiger partial charge in [0.1, 0.15) is 5.97 Å². The monoisotopic (exact) mass is 204 g/mol. The number of aliphatic carboxylic acids is 2. The molecule has 0 heterocycles. The van der Waals surface area contributed by atoms with Crippen molar-refractivity contribution in [2.75, 3.05) is 12.0 Å². The van der Waals surface area contributed by atoms with E-state index in [0.29, 0.717) is 5.75 Å². The van der Waals surface area contributed by atoms with Gasteiger partial charge in [0, 0.05) is 0 Å². The molecule has 5 nitrogen and oxygen atoms in total. The van der Waals surface area contributed by atoms with E-state index in [-0.39, 0.29) is 6.42 Å². The molecule has 0 saturated heterocycles. The van der Waals surface area contributed by atoms with Gasteiger partial charge in [-0.15, -0.1) is 0 Å². The Hall–Kier alpha value is -1.04. The van der Waals surface area contributed by atoms with Crippen molar-refractivity contribution in [1.29, 1.82) is 0 Å². The largest absolute Gasteiger partial charge is 0.549 e. The van der Waals surface area contributed by atoms with Crippen molar-refractivity contribution in [2.45, 2.75) is 6.42 Å². The van der Waals surface area contributed by atoms with Crippen molar-refractivity contribution in [1.82, 2.24) is 0 Å². The predicted molar refractivity (Wildman–Crippen MR) is 41.5 cm³/mol. The van der Waals surface area contributed by atoms with Gasteiger partial charge in [-0.25, -0.2) is 0 Å². The molecular formula is C7H8O5S-2. The summed E-state index contributed by atoms with van der Waals surface area (Å²) < 4.78 is 0. The Morgan fingerprint density at radius 3 is 2.15 bits per heavy atom. The summed E-state index contributed by atoms with van der Waals surface area (Å²) >= 11 is 1.32. The zero-order valence-corrected chi connectivity index (χ0v) is 7.76. The second-order valence-corrected chi connectivity index (χ2v) is 3.29. The van der Waals surface area contributed by atoms with Crippen molar-refractivity contribution < 1.29 is 24.6 Å². The zero-order valence-electron chi connectivity index (χ0n) is 6.94. The maximum absolute atomic E-state index is 10.7. The molecular weight excluding hydrogens is 196 g/mol. The van der Waals surface area contributed by atoms with Crippen LogP contribution in [-0.4, -0.2) is 29.7 Å². The summed E-state index contributed by atoms with van der Waals surface area (Å²) in [5.41, 5.74) is 0. The summed E-state index contributed by atoms with van der Waals surface area (Å²) in [4.78, 5) is 31.1. The van der Waals surface area contributed by atoms with Gasteiger partial charge >= 0.3 is 0 Å². The van der Waals surface area contributed by atoms with Crippen LogP contribution >= 0.6 is 11.8 Å². The lowest BCUT2D eigenvalue weighted by Gasteiger charge is -2.16. The fraction of sp³-hybridized carbons (Fsp3) is 0.571. The predicted octanol–water partition coefficient (Wildman–Crippen LogP) is -2.58. The Kier molecular flexibility index (Phi) is 5.13. The van der Waals surface area contributed by atoms with Crippen molar-refractivity contribution in [3.63, 3.8) is 0 Å². The number of carbonyl (C=O) groups excluding carboxylic acids is 3. The van der Waals surface area contributed by atoms with Gasteiger partial charge in [-0.3, -0.25) is 4.79 Å². The summed E-state index contributed by atoms with van der Waals surface area (Å²) in [6.45, 7) is 0. The molecule has 0 fully saturated rings. The third-order valence-corrected chi connectivity index (χ3v) is 2.06. The lowest BCUT2D eigenvalue weighted by molar-refractivity contribution is -0.314. The minimum atomic E-state index is -1.98. The smallest absolute Gasteiger partial charge is 0.186 e. The van der Waals surface area contributed by atoms with Gasteiger partial charge < -0.3 is 19.8 Å². The van der Waals surface area contributed by atoms with Crippen molar-refractivity contribution in [2.24, 2.45) is 5.92 Å². The first-order valence-electron chi connectivity index (χ1n) is 3.45. The van der Waals surface area contributed by atoms with Crippen LogP contribution in [0.4, 0.5) is 0 Å². The Morgan fingerprint density at radius 2 is 1.85 bits per heavy atom. The van der Waals surface area contributed by atoms with E-state index in [4.69, 9.17) is 0 Å². The number of rotatable bonds is 6. The lowest BCUT2D eigenvalue weighted by Crippen LogP contribution is -2.44. The Balaban J connectivity index is 4.33. The van der Waals surface area contributed by atoms with Crippen LogP contribution in [-0.2, 0) is 14.4 Å². The van der Waals surface area contributed by atoms with E-state index in [0.717, 1.165) is 0 Å². The second-order valence-electron chi connectivity index (χ2n) is 2.30. The molecule has 0 aromatic carbocycles. The fourth-order valence-corrected chi connectivity index (χ4v) is 1.21. The standard InChI is InChI=1S/C7H10O5S/c1-13-3-2-4(6(9)10)5(8)7(11)12/h4H,2-3H2,1H3,(H,9,10)(H,11,12)/p-2. The van der Waals surface area contributed by atoms with Crippen molar-refractivity contribution in [3.8, 4) is 0 Å². The third-order valence-electron chi connectivity index (χ3n) is 1.41. The quantitative estimate of drug-likeness (QED) is 0.348. The molecule has 74 valence electrons. The highest BCUT2D eigenvalue weighted by molar-refractivity contribution is 7.98. The van der Waals surface area contributed by atoms with Gasteiger partial charge in [-0.1, -0.05) is 0 Å². The van der Waals surface area contributed by atoms with E-state index in [1.54, 1.807) is 6.26 Å². The topological polar surface area (TPSA) is 97.3 Å². The maximum atomic E-state index is 10.7. The highest BCUT2D eigenvalue weighted by Gasteiger charge is 2.19. The van der Waals surface area contributed by atoms with Crippen LogP contribution in [0.15, 0.2) is 0 Å². The van der Waals surface area contributed by atoms with Crippen molar-refractivity contribution in [3.05, 3.63) is 0 Å². The van der Waals surface area contributed by atoms with Crippen LogP contribution in [0.3, 0.4) is 0 Å². The number of hydrogen-bond donors (Lipinski definition) is 0.